The van der Waals surface area contributed by atoms with Gasteiger partial charge < -0.3 is 14.8 Å². The van der Waals surface area contributed by atoms with E-state index in [0.717, 1.165) is 55.1 Å². The zero-order valence-corrected chi connectivity index (χ0v) is 22.8. The van der Waals surface area contributed by atoms with Gasteiger partial charge in [-0.1, -0.05) is 13.0 Å². The molecule has 202 valence electrons. The molecule has 4 aliphatic carbocycles. The Morgan fingerprint density at radius 1 is 1.11 bits per heavy atom. The van der Waals surface area contributed by atoms with Gasteiger partial charge >= 0.3 is 0 Å². The van der Waals surface area contributed by atoms with Crippen LogP contribution >= 0.6 is 0 Å². The number of halogens is 1. The molecule has 1 aromatic carbocycles. The highest BCUT2D eigenvalue weighted by Crippen LogP contribution is 2.66. The molecule has 6 heteroatoms. The van der Waals surface area contributed by atoms with Crippen molar-refractivity contribution in [1.29, 1.82) is 0 Å². The molecule has 4 fully saturated rings. The van der Waals surface area contributed by atoms with Crippen molar-refractivity contribution >= 4 is 16.8 Å². The van der Waals surface area contributed by atoms with E-state index in [1.165, 1.54) is 0 Å². The molecule has 0 aliphatic heterocycles. The van der Waals surface area contributed by atoms with Gasteiger partial charge in [0.1, 0.15) is 5.67 Å². The van der Waals surface area contributed by atoms with Crippen LogP contribution in [-0.2, 0) is 16.9 Å². The van der Waals surface area contributed by atoms with Crippen LogP contribution in [0, 0.1) is 35.0 Å². The molecule has 1 heterocycles. The summed E-state index contributed by atoms with van der Waals surface area (Å²) in [5, 5.41) is 21.1. The number of aliphatic hydroxyl groups is 2. The molecule has 0 radical (unpaired) electrons. The van der Waals surface area contributed by atoms with Gasteiger partial charge in [-0.15, -0.1) is 0 Å². The third kappa shape index (κ3) is 4.00. The second-order valence-electron chi connectivity index (χ2n) is 14.1. The molecule has 5 nitrogen and oxygen atoms in total. The van der Waals surface area contributed by atoms with Crippen molar-refractivity contribution in [2.75, 3.05) is 0 Å². The van der Waals surface area contributed by atoms with E-state index in [9.17, 15) is 15.0 Å². The largest absolute Gasteiger partial charge is 0.390 e. The number of carbonyl (C=O) groups excluding carboxylic acids is 1. The molecule has 0 amide bonds. The van der Waals surface area contributed by atoms with Gasteiger partial charge in [0.05, 0.1) is 35.1 Å². The lowest BCUT2D eigenvalue weighted by atomic mass is 9.48. The Morgan fingerprint density at radius 2 is 1.89 bits per heavy atom. The summed E-state index contributed by atoms with van der Waals surface area (Å²) in [6, 6.07) is 5.74. The van der Waals surface area contributed by atoms with Gasteiger partial charge in [-0.3, -0.25) is 4.79 Å². The number of hydrogen-bond acceptors (Lipinski definition) is 4. The minimum absolute atomic E-state index is 0.00580. The number of nitrogens with zero attached hydrogens (tertiary/aromatic N) is 2. The summed E-state index contributed by atoms with van der Waals surface area (Å²) in [6.45, 7) is 8.00. The lowest BCUT2D eigenvalue weighted by Gasteiger charge is -2.59. The molecule has 0 spiro atoms. The van der Waals surface area contributed by atoms with E-state index in [4.69, 9.17) is 0 Å². The highest BCUT2D eigenvalue weighted by Gasteiger charge is 2.63. The van der Waals surface area contributed by atoms with Crippen molar-refractivity contribution in [3.63, 3.8) is 0 Å². The highest BCUT2D eigenvalue weighted by molar-refractivity contribution is 5.84. The summed E-state index contributed by atoms with van der Waals surface area (Å²) in [4.78, 5) is 18.3. The average Bonchev–Trinajstić information content (AvgIpc) is 3.39. The summed E-state index contributed by atoms with van der Waals surface area (Å²) in [6.07, 6.45) is 8.95. The van der Waals surface area contributed by atoms with Crippen LogP contribution < -0.4 is 0 Å². The number of imidazole rings is 1. The summed E-state index contributed by atoms with van der Waals surface area (Å²) in [7, 11) is 0. The average molecular weight is 511 g/mol. The highest BCUT2D eigenvalue weighted by atomic mass is 19.1. The molecular weight excluding hydrogens is 467 g/mol. The van der Waals surface area contributed by atoms with E-state index < -0.39 is 16.9 Å². The minimum atomic E-state index is -1.15. The smallest absolute Gasteiger partial charge is 0.156 e. The molecule has 2 aromatic rings. The zero-order chi connectivity index (χ0) is 26.4. The Kier molecular flexibility index (Phi) is 5.75. The van der Waals surface area contributed by atoms with Gasteiger partial charge in [0.2, 0.25) is 0 Å². The third-order valence-electron chi connectivity index (χ3n) is 11.4. The van der Waals surface area contributed by atoms with Crippen LogP contribution in [0.15, 0.2) is 24.5 Å². The van der Waals surface area contributed by atoms with E-state index in [1.54, 1.807) is 20.2 Å². The summed E-state index contributed by atoms with van der Waals surface area (Å²) >= 11 is 0. The maximum atomic E-state index is 16.6. The van der Waals surface area contributed by atoms with Crippen LogP contribution in [-0.4, -0.2) is 36.8 Å². The van der Waals surface area contributed by atoms with Crippen LogP contribution in [0.2, 0.25) is 0 Å². The first-order chi connectivity index (χ1) is 17.3. The topological polar surface area (TPSA) is 75.4 Å². The fraction of sp³-hybridized carbons (Fsp3) is 0.742. The van der Waals surface area contributed by atoms with Gasteiger partial charge in [-0.05, 0) is 125 Å². The number of aromatic nitrogens is 2. The van der Waals surface area contributed by atoms with E-state index in [-0.39, 0.29) is 35.5 Å². The number of alkyl halides is 1. The van der Waals surface area contributed by atoms with Crippen molar-refractivity contribution in [2.45, 2.75) is 109 Å². The third-order valence-corrected chi connectivity index (χ3v) is 11.4. The molecule has 6 rings (SSSR count). The zero-order valence-electron chi connectivity index (χ0n) is 22.8. The summed E-state index contributed by atoms with van der Waals surface area (Å²) in [5.74, 6) is 1.06. The van der Waals surface area contributed by atoms with Crippen LogP contribution in [0.4, 0.5) is 4.39 Å². The van der Waals surface area contributed by atoms with E-state index in [2.05, 4.69) is 11.9 Å². The second-order valence-corrected chi connectivity index (χ2v) is 14.1. The minimum Gasteiger partial charge on any atom is -0.390 e. The predicted molar refractivity (Wildman–Crippen MR) is 142 cm³/mol. The Labute approximate surface area is 219 Å². The molecule has 1 aromatic heterocycles. The number of benzene rings is 1. The molecule has 2 N–H and O–H groups in total. The van der Waals surface area contributed by atoms with Gasteiger partial charge in [-0.2, -0.15) is 0 Å². The second kappa shape index (κ2) is 8.35. The summed E-state index contributed by atoms with van der Waals surface area (Å²) in [5.41, 5.74) is -0.402. The molecule has 0 bridgehead atoms. The molecule has 4 aliphatic rings. The number of rotatable bonds is 4. The maximum Gasteiger partial charge on any atom is 0.156 e. The van der Waals surface area contributed by atoms with Crippen LogP contribution in [0.25, 0.3) is 11.0 Å². The SMILES string of the molecule is CC(C)(O)c1ccc2ncn(CC(=O)[C@H]3CC[C@H]4[C@@H]5CC[C@@H]6C[C@](C)(O)CC[C@]6(F)[C@H]5CC[C@]34C)c2c1. The van der Waals surface area contributed by atoms with Crippen LogP contribution in [0.1, 0.15) is 91.0 Å². The summed E-state index contributed by atoms with van der Waals surface area (Å²) < 4.78 is 18.6. The number of fused-ring (bicyclic) bond motifs is 6. The normalized spacial score (nSPS) is 41.8. The van der Waals surface area contributed by atoms with Crippen molar-refractivity contribution in [1.82, 2.24) is 9.55 Å². The van der Waals surface area contributed by atoms with Crippen molar-refractivity contribution in [3.05, 3.63) is 30.1 Å². The lowest BCUT2D eigenvalue weighted by molar-refractivity contribution is -0.165. The van der Waals surface area contributed by atoms with E-state index in [0.29, 0.717) is 31.1 Å². The Balaban J connectivity index is 1.22. The van der Waals surface area contributed by atoms with Crippen molar-refractivity contribution in [3.8, 4) is 0 Å². The van der Waals surface area contributed by atoms with Gasteiger partial charge in [0.15, 0.2) is 5.78 Å². The van der Waals surface area contributed by atoms with E-state index >= 15 is 4.39 Å². The number of Topliss-reactive ketones (excluding diaryl/α,β-unsaturated/α-hetero) is 1. The van der Waals surface area contributed by atoms with Crippen molar-refractivity contribution in [2.24, 2.45) is 35.0 Å². The fourth-order valence-corrected chi connectivity index (χ4v) is 9.35. The van der Waals surface area contributed by atoms with Crippen LogP contribution in [0.5, 0.6) is 0 Å². The lowest BCUT2D eigenvalue weighted by Crippen LogP contribution is -2.58. The number of ketones is 1. The fourth-order valence-electron chi connectivity index (χ4n) is 9.35. The van der Waals surface area contributed by atoms with Gasteiger partial charge in [0.25, 0.3) is 0 Å². The number of carbonyl (C=O) groups is 1. The Morgan fingerprint density at radius 3 is 2.65 bits per heavy atom. The Bertz CT molecular complexity index is 1210. The maximum absolute atomic E-state index is 16.6. The van der Waals surface area contributed by atoms with Gasteiger partial charge in [-0.25, -0.2) is 9.37 Å². The quantitative estimate of drug-likeness (QED) is 0.533. The predicted octanol–water partition coefficient (Wildman–Crippen LogP) is 5.94. The van der Waals surface area contributed by atoms with Crippen LogP contribution in [0.3, 0.4) is 0 Å². The van der Waals surface area contributed by atoms with E-state index in [1.807, 2.05) is 29.7 Å². The molecule has 0 unspecified atom stereocenters. The number of hydrogen-bond donors (Lipinski definition) is 2. The first-order valence-electron chi connectivity index (χ1n) is 14.4. The van der Waals surface area contributed by atoms with Crippen molar-refractivity contribution < 1.29 is 19.4 Å². The standard InChI is InChI=1S/C31H43FN2O3/c1-28(2,36)19-6-10-25-26(15-19)34(18-33-25)17-27(35)24-9-8-22-21-7-5-20-16-29(3,37)13-14-31(20,32)23(21)11-12-30(22,24)4/h6,10,15,18,20-24,36-37H,5,7-9,11-14,16-17H2,1-4H3/t20-,21+,22+,23+,24-,29-,30+,31-/m1/s1. The molecule has 8 atom stereocenters. The molecule has 4 saturated carbocycles. The molecule has 0 saturated heterocycles. The molecule has 37 heavy (non-hydrogen) atoms. The monoisotopic (exact) mass is 510 g/mol. The molecular formula is C31H43FN2O3. The van der Waals surface area contributed by atoms with Gasteiger partial charge in [0, 0.05) is 5.92 Å². The first kappa shape index (κ1) is 25.5. The Hall–Kier alpha value is -1.79. The first-order valence-corrected chi connectivity index (χ1v) is 14.4.